The molecule has 0 amide bonds. The second kappa shape index (κ2) is 11.7. The van der Waals surface area contributed by atoms with Gasteiger partial charge in [-0.05, 0) is 97.2 Å². The Balaban J connectivity index is 1.46. The number of fused-ring (bicyclic) bond motifs is 5. The van der Waals surface area contributed by atoms with Crippen molar-refractivity contribution in [2.24, 2.45) is 52.3 Å². The number of carbonyl (C=O) groups is 1. The Kier molecular flexibility index (Phi) is 9.64. The summed E-state index contributed by atoms with van der Waals surface area (Å²) in [6.07, 6.45) is 15.9. The SMILES string of the molecule is CC[C@H](C)CC(=O)O[C@H]1CC[C@]2(C)[C@H]3CC[C@]4(C)[C@@H]([C@@H](C)CCCC(C)C)CC[C@H]4[C@@H]3C[C@@H](Br)[C@@]2(Br)C1. The summed E-state index contributed by atoms with van der Waals surface area (Å²) in [6, 6.07) is 0. The first-order valence-electron chi connectivity index (χ1n) is 15.9. The smallest absolute Gasteiger partial charge is 0.306 e. The molecule has 2 nitrogen and oxygen atoms in total. The molecular weight excluding hydrogens is 588 g/mol. The Bertz CT molecular complexity index is 799. The molecule has 0 bridgehead atoms. The van der Waals surface area contributed by atoms with E-state index in [1.807, 2.05) is 0 Å². The Morgan fingerprint density at radius 3 is 2.41 bits per heavy atom. The number of ether oxygens (including phenoxy) is 1. The third-order valence-electron chi connectivity index (χ3n) is 12.4. The molecule has 0 aromatic carbocycles. The quantitative estimate of drug-likeness (QED) is 0.184. The lowest BCUT2D eigenvalue weighted by Crippen LogP contribution is -2.64. The van der Waals surface area contributed by atoms with Crippen molar-refractivity contribution < 1.29 is 9.53 Å². The van der Waals surface area contributed by atoms with Gasteiger partial charge in [0.25, 0.3) is 0 Å². The summed E-state index contributed by atoms with van der Waals surface area (Å²) in [4.78, 5) is 13.1. The van der Waals surface area contributed by atoms with Crippen LogP contribution < -0.4 is 0 Å². The van der Waals surface area contributed by atoms with E-state index in [1.54, 1.807) is 0 Å². The van der Waals surface area contributed by atoms with Gasteiger partial charge in [0.2, 0.25) is 0 Å². The number of halogens is 2. The highest BCUT2D eigenvalue weighted by Gasteiger charge is 2.67. The van der Waals surface area contributed by atoms with Crippen molar-refractivity contribution in [1.29, 1.82) is 0 Å². The van der Waals surface area contributed by atoms with Gasteiger partial charge in [0, 0.05) is 22.0 Å². The molecule has 4 aliphatic rings. The number of carbonyl (C=O) groups excluding carboxylic acids is 1. The van der Waals surface area contributed by atoms with Gasteiger partial charge in [0.1, 0.15) is 6.10 Å². The van der Waals surface area contributed by atoms with Crippen molar-refractivity contribution >= 4 is 37.8 Å². The van der Waals surface area contributed by atoms with E-state index in [0.717, 1.165) is 54.8 Å². The minimum absolute atomic E-state index is 0.00630. The summed E-state index contributed by atoms with van der Waals surface area (Å²) in [5, 5.41) is 0. The van der Waals surface area contributed by atoms with E-state index in [0.29, 0.717) is 22.6 Å². The van der Waals surface area contributed by atoms with Crippen molar-refractivity contribution in [3.05, 3.63) is 0 Å². The summed E-state index contributed by atoms with van der Waals surface area (Å²) in [5.74, 6) is 5.50. The number of alkyl halides is 2. The molecule has 37 heavy (non-hydrogen) atoms. The van der Waals surface area contributed by atoms with Crippen LogP contribution in [0.25, 0.3) is 0 Å². The average molecular weight is 645 g/mol. The Labute approximate surface area is 245 Å². The number of esters is 1. The zero-order valence-corrected chi connectivity index (χ0v) is 28.1. The molecule has 0 aromatic heterocycles. The third-order valence-corrected chi connectivity index (χ3v) is 16.0. The van der Waals surface area contributed by atoms with Crippen LogP contribution in [-0.4, -0.2) is 21.2 Å². The van der Waals surface area contributed by atoms with Gasteiger partial charge in [0.15, 0.2) is 0 Å². The van der Waals surface area contributed by atoms with Crippen molar-refractivity contribution in [2.75, 3.05) is 0 Å². The molecule has 4 rings (SSSR count). The summed E-state index contributed by atoms with van der Waals surface area (Å²) < 4.78 is 6.10. The van der Waals surface area contributed by atoms with E-state index >= 15 is 0 Å². The lowest BCUT2D eigenvalue weighted by molar-refractivity contribution is -0.159. The van der Waals surface area contributed by atoms with Crippen molar-refractivity contribution in [3.8, 4) is 0 Å². The monoisotopic (exact) mass is 642 g/mol. The molecule has 0 spiro atoms. The maximum absolute atomic E-state index is 12.6. The molecule has 0 saturated heterocycles. The standard InChI is InChI=1S/C33H56Br2O2/c1-8-22(4)18-30(36)37-24-14-17-32(7)28-15-16-31(6)26(23(5)11-9-10-21(2)3)12-13-27(31)25(28)19-29(34)33(32,35)20-24/h21-29H,8-20H2,1-7H3/t22-,23-,24-,25-,26+,27-,28-,29+,31+,32+,33-/m0/s1. The van der Waals surface area contributed by atoms with Crippen LogP contribution in [0.15, 0.2) is 0 Å². The minimum atomic E-state index is 0.00630. The fourth-order valence-corrected chi connectivity index (χ4v) is 12.1. The summed E-state index contributed by atoms with van der Waals surface area (Å²) in [7, 11) is 0. The summed E-state index contributed by atoms with van der Waals surface area (Å²) >= 11 is 8.62. The Morgan fingerprint density at radius 2 is 1.73 bits per heavy atom. The first kappa shape index (κ1) is 30.4. The molecule has 0 N–H and O–H groups in total. The van der Waals surface area contributed by atoms with Gasteiger partial charge >= 0.3 is 5.97 Å². The second-order valence-electron chi connectivity index (χ2n) is 15.0. The number of rotatable bonds is 9. The summed E-state index contributed by atoms with van der Waals surface area (Å²) in [6.45, 7) is 16.9. The van der Waals surface area contributed by atoms with Gasteiger partial charge in [-0.15, -0.1) is 0 Å². The predicted molar refractivity (Wildman–Crippen MR) is 163 cm³/mol. The van der Waals surface area contributed by atoms with Gasteiger partial charge in [-0.2, -0.15) is 0 Å². The van der Waals surface area contributed by atoms with Gasteiger partial charge in [0.05, 0.1) is 0 Å². The topological polar surface area (TPSA) is 26.3 Å². The molecule has 4 saturated carbocycles. The maximum atomic E-state index is 12.6. The number of hydrogen-bond acceptors (Lipinski definition) is 2. The van der Waals surface area contributed by atoms with Crippen LogP contribution in [0, 0.1) is 52.3 Å². The van der Waals surface area contributed by atoms with E-state index < -0.39 is 0 Å². The third kappa shape index (κ3) is 5.65. The van der Waals surface area contributed by atoms with Gasteiger partial charge in [-0.3, -0.25) is 4.79 Å². The summed E-state index contributed by atoms with van der Waals surface area (Å²) in [5.41, 5.74) is 0.780. The van der Waals surface area contributed by atoms with E-state index in [-0.39, 0.29) is 21.8 Å². The van der Waals surface area contributed by atoms with Crippen LogP contribution in [0.5, 0.6) is 0 Å². The van der Waals surface area contributed by atoms with Crippen LogP contribution in [-0.2, 0) is 9.53 Å². The lowest BCUT2D eigenvalue weighted by atomic mass is 9.44. The zero-order valence-electron chi connectivity index (χ0n) is 25.0. The van der Waals surface area contributed by atoms with Crippen molar-refractivity contribution in [2.45, 2.75) is 147 Å². The highest BCUT2D eigenvalue weighted by atomic mass is 79.9. The maximum Gasteiger partial charge on any atom is 0.306 e. The van der Waals surface area contributed by atoms with Gasteiger partial charge in [-0.25, -0.2) is 0 Å². The van der Waals surface area contributed by atoms with E-state index in [1.165, 1.54) is 57.8 Å². The molecule has 0 aliphatic heterocycles. The largest absolute Gasteiger partial charge is 0.462 e. The van der Waals surface area contributed by atoms with Crippen LogP contribution in [0.1, 0.15) is 132 Å². The molecular formula is C33H56Br2O2. The molecule has 4 heteroatoms. The van der Waals surface area contributed by atoms with Gasteiger partial charge in [-0.1, -0.05) is 106 Å². The molecule has 4 aliphatic carbocycles. The van der Waals surface area contributed by atoms with E-state index in [4.69, 9.17) is 4.74 Å². The van der Waals surface area contributed by atoms with E-state index in [9.17, 15) is 4.79 Å². The average Bonchev–Trinajstić information content (AvgIpc) is 3.18. The fraction of sp³-hybridized carbons (Fsp3) is 0.970. The fourth-order valence-electron chi connectivity index (χ4n) is 9.94. The first-order chi connectivity index (χ1) is 17.4. The number of hydrogen-bond donors (Lipinski definition) is 0. The minimum Gasteiger partial charge on any atom is -0.462 e. The van der Waals surface area contributed by atoms with Crippen LogP contribution in [0.4, 0.5) is 0 Å². The van der Waals surface area contributed by atoms with E-state index in [2.05, 4.69) is 80.3 Å². The molecule has 0 heterocycles. The lowest BCUT2D eigenvalue weighted by Gasteiger charge is -2.66. The highest BCUT2D eigenvalue weighted by molar-refractivity contribution is 9.12. The van der Waals surface area contributed by atoms with Crippen LogP contribution in [0.3, 0.4) is 0 Å². The zero-order chi connectivity index (χ0) is 27.2. The predicted octanol–water partition coefficient (Wildman–Crippen LogP) is 10.3. The molecule has 4 fully saturated rings. The molecule has 0 radical (unpaired) electrons. The molecule has 11 atom stereocenters. The van der Waals surface area contributed by atoms with Crippen molar-refractivity contribution in [3.63, 3.8) is 0 Å². The molecule has 0 aromatic rings. The molecule has 0 unspecified atom stereocenters. The highest BCUT2D eigenvalue weighted by Crippen LogP contribution is 2.71. The van der Waals surface area contributed by atoms with Crippen LogP contribution in [0.2, 0.25) is 0 Å². The first-order valence-corrected chi connectivity index (χ1v) is 17.6. The Hall–Kier alpha value is 0.430. The Morgan fingerprint density at radius 1 is 1.00 bits per heavy atom. The molecule has 214 valence electrons. The van der Waals surface area contributed by atoms with Crippen LogP contribution >= 0.6 is 31.9 Å². The van der Waals surface area contributed by atoms with Crippen molar-refractivity contribution in [1.82, 2.24) is 0 Å². The second-order valence-corrected chi connectivity index (χ2v) is 17.5. The normalized spacial score (nSPS) is 45.0. The van der Waals surface area contributed by atoms with Gasteiger partial charge < -0.3 is 4.74 Å².